The summed E-state index contributed by atoms with van der Waals surface area (Å²) in [6, 6.07) is 15.0. The Morgan fingerprint density at radius 3 is 2.79 bits per heavy atom. The largest absolute Gasteiger partial charge is 0.490 e. The minimum absolute atomic E-state index is 0.310. The number of likely N-dealkylation sites (N-methyl/N-ethyl adjacent to an activating group) is 1. The van der Waals surface area contributed by atoms with E-state index in [-0.39, 0.29) is 5.91 Å². The number of hydrogen-bond acceptors (Lipinski definition) is 8. The minimum Gasteiger partial charge on any atom is -0.490 e. The number of rotatable bonds is 10. The number of pyridine rings is 1. The van der Waals surface area contributed by atoms with Gasteiger partial charge in [-0.15, -0.1) is 0 Å². The lowest BCUT2D eigenvalue weighted by molar-refractivity contribution is -0.111. The number of likely N-dealkylation sites (tertiary alicyclic amines) is 1. The fourth-order valence-electron chi connectivity index (χ4n) is 4.43. The Labute approximate surface area is 231 Å². The van der Waals surface area contributed by atoms with Crippen molar-refractivity contribution in [1.29, 1.82) is 0 Å². The van der Waals surface area contributed by atoms with Gasteiger partial charge >= 0.3 is 0 Å². The van der Waals surface area contributed by atoms with Gasteiger partial charge in [-0.1, -0.05) is 24.2 Å². The van der Waals surface area contributed by atoms with Gasteiger partial charge in [0.1, 0.15) is 36.9 Å². The van der Waals surface area contributed by atoms with Gasteiger partial charge < -0.3 is 25.0 Å². The molecule has 3 heterocycles. The lowest BCUT2D eigenvalue weighted by Gasteiger charge is -2.21. The molecule has 5 rings (SSSR count). The highest BCUT2D eigenvalue weighted by molar-refractivity contribution is 6.32. The standard InChI is InChI=1S/C29H29ClN6O3/c1-3-28(37)35-25-14-22-24(15-27(25)39-17-21-8-6-12-36(21)2)32-18-33-29(22)34-19-9-10-26(23(30)13-19)38-16-20-7-4-5-11-31-20/h3-5,7,9-11,13-15,18,21H,1,6,8,12,16-17H2,2H3,(H,35,37)(H,32,33,34)/t21-/m0/s1. The number of nitrogens with zero attached hydrogens (tertiary/aromatic N) is 4. The Hall–Kier alpha value is -4.21. The number of carbonyl (C=O) groups excluding carboxylic acids is 1. The first kappa shape index (κ1) is 26.4. The van der Waals surface area contributed by atoms with E-state index in [0.29, 0.717) is 63.9 Å². The Morgan fingerprint density at radius 2 is 2.05 bits per heavy atom. The molecule has 1 saturated heterocycles. The first-order valence-corrected chi connectivity index (χ1v) is 13.0. The molecule has 10 heteroatoms. The highest BCUT2D eigenvalue weighted by Gasteiger charge is 2.22. The second kappa shape index (κ2) is 12.1. The van der Waals surface area contributed by atoms with Gasteiger partial charge in [0.15, 0.2) is 0 Å². The van der Waals surface area contributed by atoms with Crippen LogP contribution in [0.1, 0.15) is 18.5 Å². The first-order chi connectivity index (χ1) is 19.0. The SMILES string of the molecule is C=CC(=O)Nc1cc2c(Nc3ccc(OCc4ccccn4)c(Cl)c3)ncnc2cc1OC[C@@H]1CCCN1C. The molecule has 0 aliphatic carbocycles. The smallest absolute Gasteiger partial charge is 0.247 e. The van der Waals surface area contributed by atoms with Gasteiger partial charge in [0.2, 0.25) is 5.91 Å². The summed E-state index contributed by atoms with van der Waals surface area (Å²) in [5.41, 5.74) is 2.70. The normalized spacial score (nSPS) is 15.2. The molecule has 0 saturated carbocycles. The second-order valence-corrected chi connectivity index (χ2v) is 9.66. The van der Waals surface area contributed by atoms with E-state index in [4.69, 9.17) is 21.1 Å². The van der Waals surface area contributed by atoms with E-state index >= 15 is 0 Å². The second-order valence-electron chi connectivity index (χ2n) is 9.25. The summed E-state index contributed by atoms with van der Waals surface area (Å²) in [5, 5.41) is 7.30. The van der Waals surface area contributed by atoms with Crippen LogP contribution in [-0.2, 0) is 11.4 Å². The van der Waals surface area contributed by atoms with Crippen molar-refractivity contribution in [2.75, 3.05) is 30.8 Å². The van der Waals surface area contributed by atoms with Crippen LogP contribution in [0.25, 0.3) is 10.9 Å². The molecular weight excluding hydrogens is 516 g/mol. The fourth-order valence-corrected chi connectivity index (χ4v) is 4.66. The topological polar surface area (TPSA) is 102 Å². The third-order valence-electron chi connectivity index (χ3n) is 6.58. The molecular formula is C29H29ClN6O3. The van der Waals surface area contributed by atoms with Crippen molar-refractivity contribution in [2.45, 2.75) is 25.5 Å². The third-order valence-corrected chi connectivity index (χ3v) is 6.87. The Balaban J connectivity index is 1.38. The molecule has 2 aromatic carbocycles. The summed E-state index contributed by atoms with van der Waals surface area (Å²) in [5.74, 6) is 1.30. The molecule has 200 valence electrons. The summed E-state index contributed by atoms with van der Waals surface area (Å²) in [7, 11) is 2.10. The number of amides is 1. The molecule has 1 aliphatic rings. The molecule has 0 spiro atoms. The van der Waals surface area contributed by atoms with E-state index in [2.05, 4.69) is 44.1 Å². The number of nitrogens with one attached hydrogen (secondary N) is 2. The zero-order chi connectivity index (χ0) is 27.2. The number of anilines is 3. The monoisotopic (exact) mass is 544 g/mol. The average Bonchev–Trinajstić information content (AvgIpc) is 3.36. The zero-order valence-electron chi connectivity index (χ0n) is 21.6. The number of hydrogen-bond donors (Lipinski definition) is 2. The summed E-state index contributed by atoms with van der Waals surface area (Å²) in [6.45, 7) is 5.44. The quantitative estimate of drug-likeness (QED) is 0.249. The molecule has 39 heavy (non-hydrogen) atoms. The van der Waals surface area contributed by atoms with E-state index in [0.717, 1.165) is 25.1 Å². The summed E-state index contributed by atoms with van der Waals surface area (Å²) < 4.78 is 12.0. The number of halogens is 1. The molecule has 9 nitrogen and oxygen atoms in total. The molecule has 1 atom stereocenters. The summed E-state index contributed by atoms with van der Waals surface area (Å²) in [4.78, 5) is 27.6. The minimum atomic E-state index is -0.336. The molecule has 2 aromatic heterocycles. The van der Waals surface area contributed by atoms with E-state index in [1.54, 1.807) is 24.4 Å². The maximum Gasteiger partial charge on any atom is 0.247 e. The summed E-state index contributed by atoms with van der Waals surface area (Å²) in [6.07, 6.45) is 6.64. The van der Waals surface area contributed by atoms with Gasteiger partial charge in [0.05, 0.1) is 21.9 Å². The van der Waals surface area contributed by atoms with Crippen LogP contribution in [-0.4, -0.2) is 52.0 Å². The predicted octanol–water partition coefficient (Wildman–Crippen LogP) is 5.60. The number of benzene rings is 2. The van der Waals surface area contributed by atoms with Crippen LogP contribution in [0.3, 0.4) is 0 Å². The lowest BCUT2D eigenvalue weighted by atomic mass is 10.1. The maximum atomic E-state index is 12.2. The van der Waals surface area contributed by atoms with Crippen LogP contribution in [0.4, 0.5) is 17.2 Å². The summed E-state index contributed by atoms with van der Waals surface area (Å²) >= 11 is 6.50. The number of aromatic nitrogens is 3. The first-order valence-electron chi connectivity index (χ1n) is 12.6. The Bertz CT molecular complexity index is 1480. The van der Waals surface area contributed by atoms with Crippen molar-refractivity contribution in [3.63, 3.8) is 0 Å². The van der Waals surface area contributed by atoms with Gasteiger partial charge in [0.25, 0.3) is 0 Å². The van der Waals surface area contributed by atoms with E-state index < -0.39 is 0 Å². The van der Waals surface area contributed by atoms with Gasteiger partial charge in [0, 0.05) is 29.4 Å². The maximum absolute atomic E-state index is 12.2. The van der Waals surface area contributed by atoms with E-state index in [9.17, 15) is 4.79 Å². The van der Waals surface area contributed by atoms with Crippen molar-refractivity contribution >= 4 is 45.6 Å². The van der Waals surface area contributed by atoms with Gasteiger partial charge in [-0.3, -0.25) is 9.78 Å². The lowest BCUT2D eigenvalue weighted by Crippen LogP contribution is -2.30. The molecule has 2 N–H and O–H groups in total. The molecule has 1 amide bonds. The Morgan fingerprint density at radius 1 is 1.15 bits per heavy atom. The number of fused-ring (bicyclic) bond motifs is 1. The highest BCUT2D eigenvalue weighted by Crippen LogP contribution is 2.35. The zero-order valence-corrected chi connectivity index (χ0v) is 22.3. The predicted molar refractivity (Wildman–Crippen MR) is 153 cm³/mol. The molecule has 4 aromatic rings. The van der Waals surface area contributed by atoms with Crippen molar-refractivity contribution < 1.29 is 14.3 Å². The van der Waals surface area contributed by atoms with Crippen molar-refractivity contribution in [2.24, 2.45) is 0 Å². The van der Waals surface area contributed by atoms with Crippen molar-refractivity contribution in [3.8, 4) is 11.5 Å². The Kier molecular flexibility index (Phi) is 8.19. The van der Waals surface area contributed by atoms with Gasteiger partial charge in [-0.25, -0.2) is 9.97 Å². The van der Waals surface area contributed by atoms with Crippen LogP contribution in [0.2, 0.25) is 5.02 Å². The number of ether oxygens (including phenoxy) is 2. The average molecular weight is 545 g/mol. The van der Waals surface area contributed by atoms with Crippen LogP contribution in [0.15, 0.2) is 73.7 Å². The van der Waals surface area contributed by atoms with Crippen LogP contribution in [0.5, 0.6) is 11.5 Å². The van der Waals surface area contributed by atoms with E-state index in [1.165, 1.54) is 12.4 Å². The van der Waals surface area contributed by atoms with E-state index in [1.807, 2.05) is 30.3 Å². The van der Waals surface area contributed by atoms with Gasteiger partial charge in [-0.05, 0) is 68.9 Å². The third kappa shape index (κ3) is 6.45. The van der Waals surface area contributed by atoms with Crippen LogP contribution in [0, 0.1) is 0 Å². The van der Waals surface area contributed by atoms with Crippen LogP contribution < -0.4 is 20.1 Å². The molecule has 0 bridgehead atoms. The van der Waals surface area contributed by atoms with Crippen molar-refractivity contribution in [1.82, 2.24) is 19.9 Å². The van der Waals surface area contributed by atoms with Crippen LogP contribution >= 0.6 is 11.6 Å². The molecule has 1 fully saturated rings. The highest BCUT2D eigenvalue weighted by atomic mass is 35.5. The van der Waals surface area contributed by atoms with Gasteiger partial charge in [-0.2, -0.15) is 0 Å². The molecule has 1 aliphatic heterocycles. The number of carbonyl (C=O) groups is 1. The molecule has 0 unspecified atom stereocenters. The van der Waals surface area contributed by atoms with Crippen molar-refractivity contribution in [3.05, 3.63) is 84.4 Å². The molecule has 0 radical (unpaired) electrons. The fraction of sp³-hybridized carbons (Fsp3) is 0.241.